The number of halogens is 1. The molecule has 0 aliphatic rings. The number of alkyl carbamates (subject to hydrolysis) is 1. The van der Waals surface area contributed by atoms with Crippen molar-refractivity contribution in [2.45, 2.75) is 46.6 Å². The first kappa shape index (κ1) is 17.8. The first-order chi connectivity index (χ1) is 9.69. The summed E-state index contributed by atoms with van der Waals surface area (Å²) in [6, 6.07) is 4.22. The minimum absolute atomic E-state index is 0.363. The maximum Gasteiger partial charge on any atom is 0.407 e. The fraction of sp³-hybridized carbons (Fsp3) is 0.562. The van der Waals surface area contributed by atoms with Crippen LogP contribution in [0.3, 0.4) is 0 Å². The highest BCUT2D eigenvalue weighted by Crippen LogP contribution is 2.24. The summed E-state index contributed by atoms with van der Waals surface area (Å²) in [4.78, 5) is 11.5. The molecule has 0 aliphatic carbocycles. The number of hydrogen-bond donors (Lipinski definition) is 2. The molecule has 0 fully saturated rings. The largest absolute Gasteiger partial charge is 0.444 e. The molecule has 0 aromatic heterocycles. The van der Waals surface area contributed by atoms with Gasteiger partial charge in [0.15, 0.2) is 0 Å². The predicted molar refractivity (Wildman–Crippen MR) is 91.0 cm³/mol. The van der Waals surface area contributed by atoms with Gasteiger partial charge in [-0.3, -0.25) is 0 Å². The molecular formula is C16H25BrN2O2. The molecule has 2 N–H and O–H groups in total. The van der Waals surface area contributed by atoms with Crippen molar-refractivity contribution in [2.24, 2.45) is 0 Å². The van der Waals surface area contributed by atoms with E-state index in [1.807, 2.05) is 20.8 Å². The summed E-state index contributed by atoms with van der Waals surface area (Å²) in [6.07, 6.45) is 0.478. The van der Waals surface area contributed by atoms with Crippen LogP contribution in [0.4, 0.5) is 10.5 Å². The molecule has 0 saturated carbocycles. The number of nitrogens with one attached hydrogen (secondary N) is 2. The molecule has 4 nitrogen and oxygen atoms in total. The standard InChI is InChI=1S/C16H25BrN2O2/c1-11-9-13(10-12(2)14(11)17)18-7-6-8-19-15(20)21-16(3,4)5/h9-10,18H,6-8H2,1-5H3,(H,19,20). The van der Waals surface area contributed by atoms with Crippen molar-refractivity contribution in [3.8, 4) is 0 Å². The second-order valence-electron chi connectivity index (χ2n) is 6.13. The van der Waals surface area contributed by atoms with Gasteiger partial charge in [0.2, 0.25) is 0 Å². The van der Waals surface area contributed by atoms with Gasteiger partial charge in [-0.2, -0.15) is 0 Å². The van der Waals surface area contributed by atoms with E-state index in [0.717, 1.165) is 23.1 Å². The van der Waals surface area contributed by atoms with Crippen molar-refractivity contribution < 1.29 is 9.53 Å². The molecule has 0 unspecified atom stereocenters. The van der Waals surface area contributed by atoms with E-state index in [2.05, 4.69) is 52.5 Å². The molecule has 0 heterocycles. The first-order valence-corrected chi connectivity index (χ1v) is 7.96. The third kappa shape index (κ3) is 6.85. The van der Waals surface area contributed by atoms with Crippen LogP contribution >= 0.6 is 15.9 Å². The maximum atomic E-state index is 11.5. The van der Waals surface area contributed by atoms with Gasteiger partial charge in [0.25, 0.3) is 0 Å². The van der Waals surface area contributed by atoms with Crippen LogP contribution in [0.1, 0.15) is 38.3 Å². The van der Waals surface area contributed by atoms with Crippen molar-refractivity contribution in [1.29, 1.82) is 0 Å². The third-order valence-electron chi connectivity index (χ3n) is 2.79. The monoisotopic (exact) mass is 356 g/mol. The molecule has 118 valence electrons. The molecular weight excluding hydrogens is 332 g/mol. The van der Waals surface area contributed by atoms with E-state index in [9.17, 15) is 4.79 Å². The molecule has 0 atom stereocenters. The Hall–Kier alpha value is -1.23. The summed E-state index contributed by atoms with van der Waals surface area (Å²) in [6.45, 7) is 11.1. The van der Waals surface area contributed by atoms with Crippen molar-refractivity contribution in [2.75, 3.05) is 18.4 Å². The number of carbonyl (C=O) groups is 1. The lowest BCUT2D eigenvalue weighted by Crippen LogP contribution is -2.33. The summed E-state index contributed by atoms with van der Waals surface area (Å²) < 4.78 is 6.32. The fourth-order valence-corrected chi connectivity index (χ4v) is 2.10. The highest BCUT2D eigenvalue weighted by atomic mass is 79.9. The highest BCUT2D eigenvalue weighted by Gasteiger charge is 2.15. The quantitative estimate of drug-likeness (QED) is 0.769. The third-order valence-corrected chi connectivity index (χ3v) is 4.04. The van der Waals surface area contributed by atoms with Gasteiger partial charge >= 0.3 is 6.09 Å². The fourth-order valence-electron chi connectivity index (χ4n) is 1.87. The van der Waals surface area contributed by atoms with E-state index in [-0.39, 0.29) is 6.09 Å². The van der Waals surface area contributed by atoms with Gasteiger partial charge in [-0.1, -0.05) is 15.9 Å². The number of carbonyl (C=O) groups excluding carboxylic acids is 1. The van der Waals surface area contributed by atoms with Gasteiger partial charge in [0.1, 0.15) is 5.60 Å². The second-order valence-corrected chi connectivity index (χ2v) is 6.93. The van der Waals surface area contributed by atoms with Gasteiger partial charge in [0.05, 0.1) is 0 Å². The molecule has 0 bridgehead atoms. The van der Waals surface area contributed by atoms with Gasteiger partial charge < -0.3 is 15.4 Å². The number of aryl methyl sites for hydroxylation is 2. The summed E-state index contributed by atoms with van der Waals surface area (Å²) in [5.41, 5.74) is 3.08. The van der Waals surface area contributed by atoms with Gasteiger partial charge in [0, 0.05) is 23.2 Å². The maximum absolute atomic E-state index is 11.5. The lowest BCUT2D eigenvalue weighted by Gasteiger charge is -2.19. The van der Waals surface area contributed by atoms with Crippen LogP contribution in [-0.2, 0) is 4.74 Å². The number of anilines is 1. The minimum Gasteiger partial charge on any atom is -0.444 e. The molecule has 5 heteroatoms. The molecule has 0 radical (unpaired) electrons. The predicted octanol–water partition coefficient (Wildman–Crippen LogP) is 4.39. The van der Waals surface area contributed by atoms with Crippen molar-refractivity contribution in [1.82, 2.24) is 5.32 Å². The van der Waals surface area contributed by atoms with Crippen LogP contribution in [0.25, 0.3) is 0 Å². The Kier molecular flexibility index (Phi) is 6.52. The van der Waals surface area contributed by atoms with E-state index >= 15 is 0 Å². The second kappa shape index (κ2) is 7.69. The Morgan fingerprint density at radius 1 is 1.19 bits per heavy atom. The van der Waals surface area contributed by atoms with E-state index in [0.29, 0.717) is 6.54 Å². The van der Waals surface area contributed by atoms with Crippen LogP contribution in [0.5, 0.6) is 0 Å². The van der Waals surface area contributed by atoms with Crippen LogP contribution in [0.2, 0.25) is 0 Å². The highest BCUT2D eigenvalue weighted by molar-refractivity contribution is 9.10. The van der Waals surface area contributed by atoms with Gasteiger partial charge in [-0.25, -0.2) is 4.79 Å². The summed E-state index contributed by atoms with van der Waals surface area (Å²) >= 11 is 3.56. The number of amides is 1. The zero-order valence-electron chi connectivity index (χ0n) is 13.5. The zero-order valence-corrected chi connectivity index (χ0v) is 15.1. The zero-order chi connectivity index (χ0) is 16.0. The Balaban J connectivity index is 2.27. The Morgan fingerprint density at radius 2 is 1.76 bits per heavy atom. The van der Waals surface area contributed by atoms with Crippen LogP contribution < -0.4 is 10.6 Å². The molecule has 0 spiro atoms. The van der Waals surface area contributed by atoms with Crippen LogP contribution in [0, 0.1) is 13.8 Å². The number of rotatable bonds is 5. The van der Waals surface area contributed by atoms with E-state index in [1.165, 1.54) is 11.1 Å². The Bertz CT molecular complexity index is 473. The van der Waals surface area contributed by atoms with Crippen LogP contribution in [-0.4, -0.2) is 24.8 Å². The first-order valence-electron chi connectivity index (χ1n) is 7.16. The van der Waals surface area contributed by atoms with Crippen LogP contribution in [0.15, 0.2) is 16.6 Å². The van der Waals surface area contributed by atoms with E-state index in [4.69, 9.17) is 4.74 Å². The van der Waals surface area contributed by atoms with E-state index < -0.39 is 5.60 Å². The number of hydrogen-bond acceptors (Lipinski definition) is 3. The van der Waals surface area contributed by atoms with Gasteiger partial charge in [-0.15, -0.1) is 0 Å². The molecule has 0 saturated heterocycles. The number of ether oxygens (including phenoxy) is 1. The molecule has 1 aromatic carbocycles. The van der Waals surface area contributed by atoms with Crippen molar-refractivity contribution in [3.05, 3.63) is 27.7 Å². The summed E-state index contributed by atoms with van der Waals surface area (Å²) in [5.74, 6) is 0. The average Bonchev–Trinajstić information content (AvgIpc) is 2.33. The Labute approximate surface area is 135 Å². The van der Waals surface area contributed by atoms with E-state index in [1.54, 1.807) is 0 Å². The minimum atomic E-state index is -0.450. The molecule has 0 aliphatic heterocycles. The molecule has 1 aromatic rings. The normalized spacial score (nSPS) is 11.1. The molecule has 1 rings (SSSR count). The summed E-state index contributed by atoms with van der Waals surface area (Å²) in [7, 11) is 0. The lowest BCUT2D eigenvalue weighted by atomic mass is 10.1. The SMILES string of the molecule is Cc1cc(NCCCNC(=O)OC(C)(C)C)cc(C)c1Br. The smallest absolute Gasteiger partial charge is 0.407 e. The van der Waals surface area contributed by atoms with Crippen molar-refractivity contribution in [3.63, 3.8) is 0 Å². The van der Waals surface area contributed by atoms with Gasteiger partial charge in [-0.05, 0) is 64.3 Å². The average molecular weight is 357 g/mol. The molecule has 21 heavy (non-hydrogen) atoms. The number of benzene rings is 1. The lowest BCUT2D eigenvalue weighted by molar-refractivity contribution is 0.0528. The Morgan fingerprint density at radius 3 is 2.29 bits per heavy atom. The summed E-state index contributed by atoms with van der Waals surface area (Å²) in [5, 5.41) is 6.11. The van der Waals surface area contributed by atoms with Crippen molar-refractivity contribution >= 4 is 27.7 Å². The topological polar surface area (TPSA) is 50.4 Å². The molecule has 1 amide bonds.